The molecule has 0 saturated carbocycles. The molecule has 2 rings (SSSR count). The van der Waals surface area contributed by atoms with Crippen molar-refractivity contribution in [1.82, 2.24) is 0 Å². The summed E-state index contributed by atoms with van der Waals surface area (Å²) in [5.41, 5.74) is 0.514. The van der Waals surface area contributed by atoms with Crippen molar-refractivity contribution in [2.24, 2.45) is 0 Å². The molecule has 0 amide bonds. The molecule has 0 fully saturated rings. The molecule has 0 radical (unpaired) electrons. The molecule has 5 heteroatoms. The van der Waals surface area contributed by atoms with Gasteiger partial charge in [-0.15, -0.1) is 0 Å². The Bertz CT molecular complexity index is 643. The first-order chi connectivity index (χ1) is 7.52. The van der Waals surface area contributed by atoms with E-state index in [2.05, 4.69) is 31.9 Å². The number of hydrogen-bond donors (Lipinski definition) is 0. The number of carbonyl (C=O) groups is 1. The molecule has 0 unspecified atom stereocenters. The van der Waals surface area contributed by atoms with E-state index in [1.165, 1.54) is 19.3 Å². The average Bonchev–Trinajstić information content (AvgIpc) is 2.15. The molecule has 1 aromatic heterocycles. The molecule has 16 heavy (non-hydrogen) atoms. The van der Waals surface area contributed by atoms with Crippen LogP contribution in [-0.2, 0) is 0 Å². The predicted molar refractivity (Wildman–Crippen MR) is 67.9 cm³/mol. The summed E-state index contributed by atoms with van der Waals surface area (Å²) in [5.74, 6) is -0.154. The molecule has 0 N–H and O–H groups in total. The average molecular weight is 346 g/mol. The first kappa shape index (κ1) is 11.5. The molecule has 0 bridgehead atoms. The zero-order chi connectivity index (χ0) is 11.9. The minimum absolute atomic E-state index is 0.154. The smallest absolute Gasteiger partial charge is 0.193 e. The lowest BCUT2D eigenvalue weighted by atomic mass is 10.1. The Hall–Kier alpha value is -0.940. The van der Waals surface area contributed by atoms with Gasteiger partial charge in [-0.25, -0.2) is 0 Å². The second kappa shape index (κ2) is 4.14. The number of hydrogen-bond acceptors (Lipinski definition) is 3. The Morgan fingerprint density at radius 3 is 2.62 bits per heavy atom. The summed E-state index contributed by atoms with van der Waals surface area (Å²) in [6.45, 7) is 1.43. The number of benzene rings is 1. The summed E-state index contributed by atoms with van der Waals surface area (Å²) in [6.07, 6.45) is 1.29. The second-order valence-corrected chi connectivity index (χ2v) is 4.97. The van der Waals surface area contributed by atoms with Gasteiger partial charge in [-0.2, -0.15) is 0 Å². The summed E-state index contributed by atoms with van der Waals surface area (Å²) >= 11 is 6.56. The largest absolute Gasteiger partial charge is 0.463 e. The van der Waals surface area contributed by atoms with E-state index in [9.17, 15) is 9.59 Å². The van der Waals surface area contributed by atoms with Crippen molar-refractivity contribution in [2.45, 2.75) is 6.92 Å². The fraction of sp³-hybridized carbons (Fsp3) is 0.0909. The van der Waals surface area contributed by atoms with Crippen molar-refractivity contribution in [2.75, 3.05) is 0 Å². The molecule has 0 aliphatic carbocycles. The van der Waals surface area contributed by atoms with Gasteiger partial charge >= 0.3 is 0 Å². The van der Waals surface area contributed by atoms with Crippen molar-refractivity contribution >= 4 is 48.6 Å². The predicted octanol–water partition coefficient (Wildman–Crippen LogP) is 3.52. The number of fused-ring (bicyclic) bond motifs is 1. The van der Waals surface area contributed by atoms with Crippen LogP contribution in [0.3, 0.4) is 0 Å². The van der Waals surface area contributed by atoms with E-state index in [0.29, 0.717) is 25.5 Å². The van der Waals surface area contributed by atoms with Gasteiger partial charge in [-0.1, -0.05) is 0 Å². The molecular formula is C11H6Br2O3. The summed E-state index contributed by atoms with van der Waals surface area (Å²) in [6, 6.07) is 3.00. The lowest BCUT2D eigenvalue weighted by molar-refractivity contribution is 0.101. The standard InChI is InChI=1S/C11H6Br2O3/c1-5(14)9-6(12)4-7(13)10-8(15)2-3-16-11(9)10/h2-4H,1H3. The Labute approximate surface area is 108 Å². The number of rotatable bonds is 1. The van der Waals surface area contributed by atoms with Gasteiger partial charge in [0.1, 0.15) is 0 Å². The third-order valence-corrected chi connectivity index (χ3v) is 3.44. The maximum Gasteiger partial charge on any atom is 0.193 e. The van der Waals surface area contributed by atoms with E-state index in [1.807, 2.05) is 0 Å². The number of halogens is 2. The highest BCUT2D eigenvalue weighted by atomic mass is 79.9. The third-order valence-electron chi connectivity index (χ3n) is 2.19. The molecule has 1 heterocycles. The van der Waals surface area contributed by atoms with E-state index in [-0.39, 0.29) is 11.2 Å². The zero-order valence-electron chi connectivity index (χ0n) is 8.21. The molecule has 0 atom stereocenters. The van der Waals surface area contributed by atoms with Gasteiger partial charge in [-0.3, -0.25) is 9.59 Å². The van der Waals surface area contributed by atoms with Gasteiger partial charge in [0.25, 0.3) is 0 Å². The van der Waals surface area contributed by atoms with Crippen LogP contribution in [-0.4, -0.2) is 5.78 Å². The third kappa shape index (κ3) is 1.74. The Morgan fingerprint density at radius 1 is 1.31 bits per heavy atom. The van der Waals surface area contributed by atoms with Crippen LogP contribution < -0.4 is 5.43 Å². The first-order valence-electron chi connectivity index (χ1n) is 4.43. The lowest BCUT2D eigenvalue weighted by Gasteiger charge is -2.06. The highest BCUT2D eigenvalue weighted by Crippen LogP contribution is 2.31. The maximum atomic E-state index is 11.7. The van der Waals surface area contributed by atoms with Gasteiger partial charge < -0.3 is 4.42 Å². The van der Waals surface area contributed by atoms with Crippen LogP contribution in [0.4, 0.5) is 0 Å². The lowest BCUT2D eigenvalue weighted by Crippen LogP contribution is -2.04. The van der Waals surface area contributed by atoms with Crippen LogP contribution in [0.25, 0.3) is 11.0 Å². The molecule has 3 nitrogen and oxygen atoms in total. The van der Waals surface area contributed by atoms with Crippen LogP contribution >= 0.6 is 31.9 Å². The summed E-state index contributed by atoms with van der Waals surface area (Å²) in [5, 5.41) is 0.385. The topological polar surface area (TPSA) is 47.3 Å². The van der Waals surface area contributed by atoms with Gasteiger partial charge in [0.15, 0.2) is 16.8 Å². The van der Waals surface area contributed by atoms with E-state index in [1.54, 1.807) is 6.07 Å². The number of ketones is 1. The highest BCUT2D eigenvalue weighted by molar-refractivity contribution is 9.11. The normalized spacial score (nSPS) is 10.7. The molecule has 82 valence electrons. The van der Waals surface area contributed by atoms with Crippen LogP contribution in [0.5, 0.6) is 0 Å². The van der Waals surface area contributed by atoms with E-state index in [4.69, 9.17) is 4.42 Å². The summed E-state index contributed by atoms with van der Waals surface area (Å²) < 4.78 is 6.48. The maximum absolute atomic E-state index is 11.7. The Kier molecular flexibility index (Phi) is 2.99. The van der Waals surface area contributed by atoms with Crippen molar-refractivity contribution in [3.05, 3.63) is 43.1 Å². The monoisotopic (exact) mass is 344 g/mol. The molecule has 0 saturated heterocycles. The highest BCUT2D eigenvalue weighted by Gasteiger charge is 2.16. The second-order valence-electron chi connectivity index (χ2n) is 3.26. The van der Waals surface area contributed by atoms with Gasteiger partial charge in [0, 0.05) is 15.0 Å². The summed E-state index contributed by atoms with van der Waals surface area (Å²) in [7, 11) is 0. The molecule has 0 aliphatic heterocycles. The van der Waals surface area contributed by atoms with Gasteiger partial charge in [0.05, 0.1) is 17.2 Å². The van der Waals surface area contributed by atoms with Crippen LogP contribution in [0.1, 0.15) is 17.3 Å². The zero-order valence-corrected chi connectivity index (χ0v) is 11.4. The Balaban J connectivity index is 3.08. The van der Waals surface area contributed by atoms with Gasteiger partial charge in [0.2, 0.25) is 0 Å². The minimum atomic E-state index is -0.178. The van der Waals surface area contributed by atoms with Gasteiger partial charge in [-0.05, 0) is 44.8 Å². The molecule has 0 spiro atoms. The number of Topliss-reactive ketones (excluding diaryl/α,β-unsaturated/α-hetero) is 1. The first-order valence-corrected chi connectivity index (χ1v) is 6.01. The van der Waals surface area contributed by atoms with Crippen molar-refractivity contribution < 1.29 is 9.21 Å². The SMILES string of the molecule is CC(=O)c1c(Br)cc(Br)c2c(=O)ccoc12. The molecule has 2 aromatic rings. The fourth-order valence-electron chi connectivity index (χ4n) is 1.52. The van der Waals surface area contributed by atoms with E-state index >= 15 is 0 Å². The number of carbonyl (C=O) groups excluding carboxylic acids is 1. The Morgan fingerprint density at radius 2 is 2.00 bits per heavy atom. The minimum Gasteiger partial charge on any atom is -0.463 e. The molecular weight excluding hydrogens is 340 g/mol. The molecule has 0 aliphatic rings. The van der Waals surface area contributed by atoms with Crippen molar-refractivity contribution in [3.8, 4) is 0 Å². The quantitative estimate of drug-likeness (QED) is 0.743. The van der Waals surface area contributed by atoms with Crippen molar-refractivity contribution in [1.29, 1.82) is 0 Å². The van der Waals surface area contributed by atoms with Crippen LogP contribution in [0.15, 0.2) is 36.6 Å². The van der Waals surface area contributed by atoms with E-state index < -0.39 is 0 Å². The van der Waals surface area contributed by atoms with Crippen molar-refractivity contribution in [3.63, 3.8) is 0 Å². The fourth-order valence-corrected chi connectivity index (χ4v) is 3.12. The van der Waals surface area contributed by atoms with E-state index in [0.717, 1.165) is 0 Å². The van der Waals surface area contributed by atoms with Crippen LogP contribution in [0, 0.1) is 0 Å². The van der Waals surface area contributed by atoms with Crippen LogP contribution in [0.2, 0.25) is 0 Å². The molecule has 1 aromatic carbocycles. The summed E-state index contributed by atoms with van der Waals surface area (Å²) in [4.78, 5) is 23.2.